The molecule has 2 aromatic rings. The lowest BCUT2D eigenvalue weighted by molar-refractivity contribution is 0.214. The van der Waals surface area contributed by atoms with E-state index in [9.17, 15) is 9.18 Å². The molecule has 0 bridgehead atoms. The minimum atomic E-state index is -0.378. The Kier molecular flexibility index (Phi) is 11.2. The number of carbonyl (C=O) groups excluding carboxylic acids is 1. The molecule has 7 nitrogen and oxygen atoms in total. The Bertz CT molecular complexity index is 921. The number of halogens is 2. The fourth-order valence-corrected chi connectivity index (χ4v) is 3.42. The first-order valence-electron chi connectivity index (χ1n) is 11.1. The number of nitrogens with zero attached hydrogens (tertiary/aromatic N) is 2. The van der Waals surface area contributed by atoms with E-state index in [1.807, 2.05) is 43.0 Å². The monoisotopic (exact) mass is 569 g/mol. The molecule has 0 aliphatic carbocycles. The van der Waals surface area contributed by atoms with Crippen LogP contribution in [0.1, 0.15) is 32.3 Å². The van der Waals surface area contributed by atoms with E-state index in [1.54, 1.807) is 18.2 Å². The second-order valence-corrected chi connectivity index (χ2v) is 7.76. The molecule has 0 radical (unpaired) electrons. The van der Waals surface area contributed by atoms with E-state index in [0.29, 0.717) is 25.6 Å². The summed E-state index contributed by atoms with van der Waals surface area (Å²) < 4.78 is 19.4. The molecule has 0 saturated carbocycles. The maximum Gasteiger partial charge on any atom is 0.321 e. The van der Waals surface area contributed by atoms with Crippen LogP contribution in [0.25, 0.3) is 0 Å². The number of ether oxygens (including phenoxy) is 1. The number of likely N-dealkylation sites (tertiary alicyclic amines) is 1. The van der Waals surface area contributed by atoms with Crippen molar-refractivity contribution in [3.63, 3.8) is 0 Å². The molecule has 1 aliphatic heterocycles. The number of carbonyl (C=O) groups is 1. The quantitative estimate of drug-likeness (QED) is 0.247. The third-order valence-corrected chi connectivity index (χ3v) is 5.06. The standard InChI is InChI=1S/C24H32FN5O2.HI/c1-3-26-23(27-16-18(2)32-22-12-5-4-11-21(22)25)28-17-19-9-8-10-20(15-19)29-24(31)30-13-6-7-14-30;/h4-5,8-12,15,18H,3,6-7,13-14,16-17H2,1-2H3,(H,29,31)(H2,26,27,28);1H. The van der Waals surface area contributed by atoms with Crippen molar-refractivity contribution in [2.45, 2.75) is 39.3 Å². The lowest BCUT2D eigenvalue weighted by Gasteiger charge is -2.18. The predicted octanol–water partition coefficient (Wildman–Crippen LogP) is 4.59. The van der Waals surface area contributed by atoms with Crippen LogP contribution in [-0.4, -0.2) is 49.2 Å². The Balaban J connectivity index is 0.00000385. The molecule has 0 aromatic heterocycles. The number of amides is 2. The van der Waals surface area contributed by atoms with Crippen LogP contribution in [0.5, 0.6) is 5.75 Å². The van der Waals surface area contributed by atoms with Gasteiger partial charge in [-0.15, -0.1) is 24.0 Å². The number of hydrogen-bond donors (Lipinski definition) is 3. The first-order valence-corrected chi connectivity index (χ1v) is 11.1. The van der Waals surface area contributed by atoms with Gasteiger partial charge in [0.05, 0.1) is 13.1 Å². The Labute approximate surface area is 212 Å². The van der Waals surface area contributed by atoms with Gasteiger partial charge in [0.1, 0.15) is 6.10 Å². The molecular formula is C24H33FIN5O2. The molecule has 180 valence electrons. The number of urea groups is 1. The third kappa shape index (κ3) is 8.71. The normalized spacial score (nSPS) is 14.3. The molecule has 3 rings (SSSR count). The van der Waals surface area contributed by atoms with Gasteiger partial charge in [-0.05, 0) is 56.5 Å². The number of anilines is 1. The van der Waals surface area contributed by atoms with Crippen LogP contribution in [0.4, 0.5) is 14.9 Å². The molecular weight excluding hydrogens is 536 g/mol. The Hall–Kier alpha value is -2.56. The summed E-state index contributed by atoms with van der Waals surface area (Å²) >= 11 is 0. The van der Waals surface area contributed by atoms with Crippen LogP contribution in [0.3, 0.4) is 0 Å². The van der Waals surface area contributed by atoms with Gasteiger partial charge >= 0.3 is 6.03 Å². The highest BCUT2D eigenvalue weighted by atomic mass is 127. The van der Waals surface area contributed by atoms with Crippen molar-refractivity contribution in [3.05, 3.63) is 59.9 Å². The number of aliphatic imine (C=N–C) groups is 1. The van der Waals surface area contributed by atoms with Gasteiger partial charge in [0, 0.05) is 25.3 Å². The van der Waals surface area contributed by atoms with Gasteiger partial charge < -0.3 is 25.6 Å². The van der Waals surface area contributed by atoms with Crippen LogP contribution in [0.2, 0.25) is 0 Å². The SMILES string of the molecule is CCNC(=NCc1cccc(NC(=O)N2CCCC2)c1)NCC(C)Oc1ccccc1F.I. The molecule has 1 heterocycles. The molecule has 1 aliphatic rings. The predicted molar refractivity (Wildman–Crippen MR) is 141 cm³/mol. The van der Waals surface area contributed by atoms with E-state index in [1.165, 1.54) is 6.07 Å². The van der Waals surface area contributed by atoms with Crippen molar-refractivity contribution >= 4 is 41.7 Å². The molecule has 1 saturated heterocycles. The van der Waals surface area contributed by atoms with Gasteiger partial charge in [-0.25, -0.2) is 14.2 Å². The van der Waals surface area contributed by atoms with Gasteiger partial charge in [0.25, 0.3) is 0 Å². The van der Waals surface area contributed by atoms with Gasteiger partial charge in [0.2, 0.25) is 0 Å². The minimum absolute atomic E-state index is 0. The molecule has 3 N–H and O–H groups in total. The third-order valence-electron chi connectivity index (χ3n) is 5.06. The highest BCUT2D eigenvalue weighted by Crippen LogP contribution is 2.17. The number of rotatable bonds is 8. The second-order valence-electron chi connectivity index (χ2n) is 7.76. The lowest BCUT2D eigenvalue weighted by atomic mass is 10.2. The maximum absolute atomic E-state index is 13.8. The van der Waals surface area contributed by atoms with E-state index >= 15 is 0 Å². The van der Waals surface area contributed by atoms with Crippen LogP contribution < -0.4 is 20.7 Å². The molecule has 1 fully saturated rings. The number of para-hydroxylation sites is 1. The summed E-state index contributed by atoms with van der Waals surface area (Å²) in [7, 11) is 0. The summed E-state index contributed by atoms with van der Waals surface area (Å²) in [5.41, 5.74) is 1.75. The van der Waals surface area contributed by atoms with E-state index in [0.717, 1.165) is 37.2 Å². The van der Waals surface area contributed by atoms with Gasteiger partial charge in [-0.3, -0.25) is 0 Å². The molecule has 9 heteroatoms. The van der Waals surface area contributed by atoms with Crippen molar-refractivity contribution in [2.24, 2.45) is 4.99 Å². The molecule has 1 unspecified atom stereocenters. The van der Waals surface area contributed by atoms with E-state index in [-0.39, 0.29) is 47.7 Å². The smallest absolute Gasteiger partial charge is 0.321 e. The topological polar surface area (TPSA) is 78.0 Å². The summed E-state index contributed by atoms with van der Waals surface area (Å²) in [5.74, 6) is 0.496. The summed E-state index contributed by atoms with van der Waals surface area (Å²) in [6, 6.07) is 14.0. The molecule has 1 atom stereocenters. The van der Waals surface area contributed by atoms with E-state index < -0.39 is 0 Å². The zero-order chi connectivity index (χ0) is 22.8. The van der Waals surface area contributed by atoms with Crippen molar-refractivity contribution in [3.8, 4) is 5.75 Å². The second kappa shape index (κ2) is 13.9. The minimum Gasteiger partial charge on any atom is -0.486 e. The molecule has 2 aromatic carbocycles. The van der Waals surface area contributed by atoms with Gasteiger partial charge in [0.15, 0.2) is 17.5 Å². The highest BCUT2D eigenvalue weighted by Gasteiger charge is 2.17. The van der Waals surface area contributed by atoms with Crippen molar-refractivity contribution in [1.82, 2.24) is 15.5 Å². The molecule has 33 heavy (non-hydrogen) atoms. The van der Waals surface area contributed by atoms with Crippen LogP contribution in [0.15, 0.2) is 53.5 Å². The van der Waals surface area contributed by atoms with E-state index in [4.69, 9.17) is 4.74 Å². The fourth-order valence-electron chi connectivity index (χ4n) is 3.42. The number of hydrogen-bond acceptors (Lipinski definition) is 3. The van der Waals surface area contributed by atoms with Crippen molar-refractivity contribution in [2.75, 3.05) is 31.5 Å². The van der Waals surface area contributed by atoms with Crippen LogP contribution in [0, 0.1) is 5.82 Å². The summed E-state index contributed by atoms with van der Waals surface area (Å²) in [4.78, 5) is 18.8. The summed E-state index contributed by atoms with van der Waals surface area (Å²) in [5, 5.41) is 9.39. The molecule has 2 amide bonds. The summed E-state index contributed by atoms with van der Waals surface area (Å²) in [6.07, 6.45) is 1.87. The van der Waals surface area contributed by atoms with Gasteiger partial charge in [-0.2, -0.15) is 0 Å². The lowest BCUT2D eigenvalue weighted by Crippen LogP contribution is -2.41. The number of nitrogens with one attached hydrogen (secondary N) is 3. The number of guanidine groups is 1. The largest absolute Gasteiger partial charge is 0.486 e. The Morgan fingerprint density at radius 3 is 2.64 bits per heavy atom. The zero-order valence-corrected chi connectivity index (χ0v) is 21.5. The number of benzene rings is 2. The van der Waals surface area contributed by atoms with Crippen molar-refractivity contribution in [1.29, 1.82) is 0 Å². The average Bonchev–Trinajstić information content (AvgIpc) is 3.33. The van der Waals surface area contributed by atoms with Crippen molar-refractivity contribution < 1.29 is 13.9 Å². The van der Waals surface area contributed by atoms with Gasteiger partial charge in [-0.1, -0.05) is 24.3 Å². The maximum atomic E-state index is 13.8. The first-order chi connectivity index (χ1) is 15.5. The first kappa shape index (κ1) is 26.7. The summed E-state index contributed by atoms with van der Waals surface area (Å²) in [6.45, 7) is 7.11. The Morgan fingerprint density at radius 2 is 1.91 bits per heavy atom. The molecule has 0 spiro atoms. The fraction of sp³-hybridized carbons (Fsp3) is 0.417. The zero-order valence-electron chi connectivity index (χ0n) is 19.1. The van der Waals surface area contributed by atoms with E-state index in [2.05, 4.69) is 20.9 Å². The van der Waals surface area contributed by atoms with Crippen LogP contribution in [-0.2, 0) is 6.54 Å². The highest BCUT2D eigenvalue weighted by molar-refractivity contribution is 14.0. The average molecular weight is 569 g/mol. The Morgan fingerprint density at radius 1 is 1.15 bits per heavy atom. The van der Waals surface area contributed by atoms with Crippen LogP contribution >= 0.6 is 24.0 Å².